The number of hydrogen-bond donors (Lipinski definition) is 8. The average molecular weight is 256 g/mol. The van der Waals surface area contributed by atoms with Crippen LogP contribution in [0, 0.1) is 0 Å². The molecule has 0 aromatic carbocycles. The topological polar surface area (TPSA) is 208 Å². The van der Waals surface area contributed by atoms with Crippen LogP contribution in [0.3, 0.4) is 0 Å². The highest BCUT2D eigenvalue weighted by atomic mass is 31.2. The standard InChI is InChI=1S/C2H8N2.2H3O4P/c3-1-2-4;2*1-5(2,3)4/h1-4H2;2*(H3,1,2,3,4). The van der Waals surface area contributed by atoms with Crippen LogP contribution in [0.2, 0.25) is 0 Å². The second-order valence-corrected chi connectivity index (χ2v) is 3.66. The van der Waals surface area contributed by atoms with E-state index in [1.165, 1.54) is 0 Å². The molecule has 0 saturated heterocycles. The lowest BCUT2D eigenvalue weighted by Crippen LogP contribution is -2.11. The number of hydrogen-bond acceptors (Lipinski definition) is 4. The Balaban J connectivity index is -0.000000131. The summed E-state index contributed by atoms with van der Waals surface area (Å²) in [5.74, 6) is 0. The normalized spacial score (nSPS) is 10.6. The van der Waals surface area contributed by atoms with Crippen molar-refractivity contribution in [3.8, 4) is 0 Å². The molecule has 14 heavy (non-hydrogen) atoms. The molecule has 12 heteroatoms. The predicted molar refractivity (Wildman–Crippen MR) is 46.6 cm³/mol. The minimum absolute atomic E-state index is 0.597. The minimum Gasteiger partial charge on any atom is -0.329 e. The largest absolute Gasteiger partial charge is 0.466 e. The van der Waals surface area contributed by atoms with Crippen LogP contribution in [0.5, 0.6) is 0 Å². The van der Waals surface area contributed by atoms with Gasteiger partial charge in [0.15, 0.2) is 0 Å². The van der Waals surface area contributed by atoms with E-state index in [0.29, 0.717) is 13.1 Å². The SMILES string of the molecule is NCCN.O=P(O)(O)O.O=P(O)(O)O. The van der Waals surface area contributed by atoms with Crippen LogP contribution in [0.25, 0.3) is 0 Å². The Kier molecular flexibility index (Phi) is 13.6. The monoisotopic (exact) mass is 256 g/mol. The molecule has 0 spiro atoms. The van der Waals surface area contributed by atoms with Crippen molar-refractivity contribution in [2.24, 2.45) is 11.5 Å². The number of rotatable bonds is 1. The zero-order valence-electron chi connectivity index (χ0n) is 6.96. The summed E-state index contributed by atoms with van der Waals surface area (Å²) in [7, 11) is -9.28. The molecule has 0 rings (SSSR count). The van der Waals surface area contributed by atoms with Crippen LogP contribution in [0.15, 0.2) is 0 Å². The number of nitrogens with two attached hydrogens (primary N) is 2. The first-order valence-electron chi connectivity index (χ1n) is 2.88. The zero-order chi connectivity index (χ0) is 12.4. The fourth-order valence-electron chi connectivity index (χ4n) is 0. The van der Waals surface area contributed by atoms with Gasteiger partial charge in [-0.1, -0.05) is 0 Å². The predicted octanol–water partition coefficient (Wildman–Crippen LogP) is -2.95. The van der Waals surface area contributed by atoms with Gasteiger partial charge in [0.25, 0.3) is 0 Å². The number of phosphoric acid groups is 2. The van der Waals surface area contributed by atoms with Gasteiger partial charge in [-0.15, -0.1) is 0 Å². The van der Waals surface area contributed by atoms with Gasteiger partial charge in [-0.25, -0.2) is 9.13 Å². The first kappa shape index (κ1) is 19.7. The van der Waals surface area contributed by atoms with Gasteiger partial charge in [-0.05, 0) is 0 Å². The van der Waals surface area contributed by atoms with Crippen LogP contribution in [0.1, 0.15) is 0 Å². The van der Waals surface area contributed by atoms with Crippen LogP contribution in [-0.4, -0.2) is 42.4 Å². The summed E-state index contributed by atoms with van der Waals surface area (Å²) in [6.45, 7) is 1.19. The van der Waals surface area contributed by atoms with Crippen molar-refractivity contribution in [3.63, 3.8) is 0 Å². The Morgan fingerprint density at radius 3 is 0.786 bits per heavy atom. The molecule has 0 aliphatic carbocycles. The van der Waals surface area contributed by atoms with Crippen molar-refractivity contribution in [2.75, 3.05) is 13.1 Å². The van der Waals surface area contributed by atoms with Gasteiger partial charge >= 0.3 is 15.6 Å². The third kappa shape index (κ3) is 1160. The summed E-state index contributed by atoms with van der Waals surface area (Å²) >= 11 is 0. The molecular formula is C2H14N2O8P2. The molecule has 90 valence electrons. The van der Waals surface area contributed by atoms with E-state index in [1.54, 1.807) is 0 Å². The Morgan fingerprint density at radius 2 is 0.786 bits per heavy atom. The molecule has 10 nitrogen and oxygen atoms in total. The van der Waals surface area contributed by atoms with Crippen LogP contribution < -0.4 is 11.5 Å². The lowest BCUT2D eigenvalue weighted by atomic mass is 10.7. The van der Waals surface area contributed by atoms with Gasteiger partial charge < -0.3 is 40.8 Å². The molecule has 0 fully saturated rings. The quantitative estimate of drug-likeness (QED) is 0.223. The summed E-state index contributed by atoms with van der Waals surface area (Å²) in [6.07, 6.45) is 0. The molecule has 0 bridgehead atoms. The van der Waals surface area contributed by atoms with Gasteiger partial charge in [-0.3, -0.25) is 0 Å². The van der Waals surface area contributed by atoms with Crippen molar-refractivity contribution in [2.45, 2.75) is 0 Å². The summed E-state index contributed by atoms with van der Waals surface area (Å²) in [5.41, 5.74) is 9.81. The Bertz CT molecular complexity index is 157. The third-order valence-electron chi connectivity index (χ3n) is 0.167. The molecule has 0 heterocycles. The van der Waals surface area contributed by atoms with Crippen molar-refractivity contribution in [1.29, 1.82) is 0 Å². The molecule has 0 aliphatic rings. The minimum atomic E-state index is -4.64. The van der Waals surface area contributed by atoms with E-state index < -0.39 is 15.6 Å². The summed E-state index contributed by atoms with van der Waals surface area (Å²) in [4.78, 5) is 43.1. The molecule has 0 atom stereocenters. The molecule has 0 radical (unpaired) electrons. The van der Waals surface area contributed by atoms with E-state index in [-0.39, 0.29) is 0 Å². The molecule has 0 aromatic rings. The molecule has 0 aliphatic heterocycles. The van der Waals surface area contributed by atoms with E-state index in [0.717, 1.165) is 0 Å². The molecule has 0 amide bonds. The van der Waals surface area contributed by atoms with Crippen molar-refractivity contribution in [3.05, 3.63) is 0 Å². The van der Waals surface area contributed by atoms with E-state index in [2.05, 4.69) is 0 Å². The van der Waals surface area contributed by atoms with E-state index in [4.69, 9.17) is 50.0 Å². The summed E-state index contributed by atoms with van der Waals surface area (Å²) in [6, 6.07) is 0. The molecule has 0 aromatic heterocycles. The van der Waals surface area contributed by atoms with Gasteiger partial charge in [-0.2, -0.15) is 0 Å². The Hall–Kier alpha value is 0.140. The third-order valence-corrected chi connectivity index (χ3v) is 0.167. The molecular weight excluding hydrogens is 242 g/mol. The average Bonchev–Trinajstić information content (AvgIpc) is 1.79. The maximum absolute atomic E-state index is 8.88. The van der Waals surface area contributed by atoms with Crippen molar-refractivity contribution >= 4 is 15.6 Å². The second kappa shape index (κ2) is 9.69. The lowest BCUT2D eigenvalue weighted by Gasteiger charge is -1.82. The van der Waals surface area contributed by atoms with Crippen LogP contribution >= 0.6 is 15.6 Å². The van der Waals surface area contributed by atoms with Gasteiger partial charge in [0.1, 0.15) is 0 Å². The maximum atomic E-state index is 8.88. The Morgan fingerprint density at radius 1 is 0.714 bits per heavy atom. The fourth-order valence-corrected chi connectivity index (χ4v) is 0. The van der Waals surface area contributed by atoms with Crippen molar-refractivity contribution in [1.82, 2.24) is 0 Å². The smallest absolute Gasteiger partial charge is 0.329 e. The fraction of sp³-hybridized carbons (Fsp3) is 1.00. The summed E-state index contributed by atoms with van der Waals surface area (Å²) < 4.78 is 17.8. The van der Waals surface area contributed by atoms with Gasteiger partial charge in [0.05, 0.1) is 0 Å². The van der Waals surface area contributed by atoms with Crippen molar-refractivity contribution < 1.29 is 38.5 Å². The van der Waals surface area contributed by atoms with E-state index >= 15 is 0 Å². The highest BCUT2D eigenvalue weighted by Gasteiger charge is 2.00. The summed E-state index contributed by atoms with van der Waals surface area (Å²) in [5, 5.41) is 0. The molecule has 0 unspecified atom stereocenters. The lowest BCUT2D eigenvalue weighted by molar-refractivity contribution is 0.272. The Labute approximate surface area is 79.7 Å². The highest BCUT2D eigenvalue weighted by Crippen LogP contribution is 2.26. The van der Waals surface area contributed by atoms with Crippen LogP contribution in [0.4, 0.5) is 0 Å². The maximum Gasteiger partial charge on any atom is 0.466 e. The second-order valence-electron chi connectivity index (χ2n) is 1.60. The van der Waals surface area contributed by atoms with E-state index in [1.807, 2.05) is 0 Å². The highest BCUT2D eigenvalue weighted by molar-refractivity contribution is 7.45. The molecule has 0 saturated carbocycles. The van der Waals surface area contributed by atoms with Crippen LogP contribution in [-0.2, 0) is 9.13 Å². The van der Waals surface area contributed by atoms with E-state index in [9.17, 15) is 0 Å². The van der Waals surface area contributed by atoms with Gasteiger partial charge in [0.2, 0.25) is 0 Å². The first-order chi connectivity index (χ1) is 5.91. The zero-order valence-corrected chi connectivity index (χ0v) is 8.75. The van der Waals surface area contributed by atoms with Gasteiger partial charge in [0, 0.05) is 13.1 Å². The molecule has 10 N–H and O–H groups in total. The first-order valence-corrected chi connectivity index (χ1v) is 6.01.